The van der Waals surface area contributed by atoms with Crippen molar-refractivity contribution < 1.29 is 13.2 Å². The second-order valence-electron chi connectivity index (χ2n) is 3.86. The van der Waals surface area contributed by atoms with Gasteiger partial charge >= 0.3 is 6.18 Å². The Morgan fingerprint density at radius 2 is 1.95 bits per heavy atom. The van der Waals surface area contributed by atoms with Crippen LogP contribution < -0.4 is 5.73 Å². The highest BCUT2D eigenvalue weighted by atomic mass is 35.5. The number of benzene rings is 1. The quantitative estimate of drug-likeness (QED) is 0.945. The van der Waals surface area contributed by atoms with Crippen LogP contribution in [0.5, 0.6) is 0 Å². The third-order valence-corrected chi connectivity index (χ3v) is 2.51. The van der Waals surface area contributed by atoms with Crippen LogP contribution in [0.25, 0.3) is 11.1 Å². The zero-order valence-electron chi connectivity index (χ0n) is 9.89. The van der Waals surface area contributed by atoms with E-state index in [4.69, 9.17) is 5.73 Å². The molecule has 0 saturated heterocycles. The van der Waals surface area contributed by atoms with Gasteiger partial charge in [-0.05, 0) is 17.7 Å². The maximum Gasteiger partial charge on any atom is 0.416 e. The van der Waals surface area contributed by atoms with Crippen molar-refractivity contribution in [1.82, 2.24) is 9.78 Å². The van der Waals surface area contributed by atoms with E-state index in [2.05, 4.69) is 5.10 Å². The Hall–Kier alpha value is -1.53. The summed E-state index contributed by atoms with van der Waals surface area (Å²) in [6.07, 6.45) is -1.11. The molecule has 3 nitrogen and oxygen atoms in total. The summed E-state index contributed by atoms with van der Waals surface area (Å²) in [7, 11) is 0. The molecule has 1 aromatic heterocycles. The van der Waals surface area contributed by atoms with Crippen molar-refractivity contribution in [3.8, 4) is 11.1 Å². The van der Waals surface area contributed by atoms with Gasteiger partial charge in [0.15, 0.2) is 0 Å². The molecule has 104 valence electrons. The molecule has 0 unspecified atom stereocenters. The van der Waals surface area contributed by atoms with Crippen molar-refractivity contribution in [2.45, 2.75) is 12.7 Å². The van der Waals surface area contributed by atoms with Crippen LogP contribution in [0.3, 0.4) is 0 Å². The molecule has 0 aliphatic rings. The normalized spacial score (nSPS) is 11.2. The lowest BCUT2D eigenvalue weighted by molar-refractivity contribution is -0.137. The van der Waals surface area contributed by atoms with E-state index in [1.807, 2.05) is 0 Å². The fraction of sp³-hybridized carbons (Fsp3) is 0.250. The van der Waals surface area contributed by atoms with Gasteiger partial charge in [-0.2, -0.15) is 18.3 Å². The summed E-state index contributed by atoms with van der Waals surface area (Å²) < 4.78 is 39.3. The van der Waals surface area contributed by atoms with Gasteiger partial charge in [-0.3, -0.25) is 4.68 Å². The highest BCUT2D eigenvalue weighted by Crippen LogP contribution is 2.31. The van der Waals surface area contributed by atoms with Crippen molar-refractivity contribution in [3.63, 3.8) is 0 Å². The summed E-state index contributed by atoms with van der Waals surface area (Å²) in [5, 5.41) is 4.03. The minimum atomic E-state index is -4.33. The van der Waals surface area contributed by atoms with E-state index in [-0.39, 0.29) is 12.4 Å². The van der Waals surface area contributed by atoms with E-state index in [1.54, 1.807) is 16.9 Å². The lowest BCUT2D eigenvalue weighted by Gasteiger charge is -2.07. The third-order valence-electron chi connectivity index (χ3n) is 2.51. The first-order valence-corrected chi connectivity index (χ1v) is 5.41. The van der Waals surface area contributed by atoms with E-state index >= 15 is 0 Å². The standard InChI is InChI=1S/C12H12F3N3.ClH/c13-12(14,15)11-3-1-2-9(6-11)10-7-17-18(8-10)5-4-16;/h1-3,6-8H,4-5,16H2;1H. The second kappa shape index (κ2) is 6.08. The topological polar surface area (TPSA) is 43.8 Å². The Morgan fingerprint density at radius 3 is 2.58 bits per heavy atom. The number of rotatable bonds is 3. The van der Waals surface area contributed by atoms with E-state index in [0.717, 1.165) is 12.1 Å². The number of halogens is 4. The Morgan fingerprint density at radius 1 is 1.21 bits per heavy atom. The summed E-state index contributed by atoms with van der Waals surface area (Å²) in [4.78, 5) is 0. The van der Waals surface area contributed by atoms with Crippen molar-refractivity contribution in [2.75, 3.05) is 6.54 Å². The van der Waals surface area contributed by atoms with Gasteiger partial charge in [0, 0.05) is 18.3 Å². The van der Waals surface area contributed by atoms with E-state index < -0.39 is 11.7 Å². The SMILES string of the molecule is Cl.NCCn1cc(-c2cccc(C(F)(F)F)c2)cn1. The number of nitrogens with two attached hydrogens (primary N) is 1. The van der Waals surface area contributed by atoms with Crippen LogP contribution in [0.4, 0.5) is 13.2 Å². The summed E-state index contributed by atoms with van der Waals surface area (Å²) in [6, 6.07) is 5.18. The molecule has 2 aromatic rings. The molecule has 0 atom stereocenters. The maximum atomic E-state index is 12.6. The van der Waals surface area contributed by atoms with Gasteiger partial charge in [-0.25, -0.2) is 0 Å². The van der Waals surface area contributed by atoms with Crippen LogP contribution in [-0.2, 0) is 12.7 Å². The first-order valence-electron chi connectivity index (χ1n) is 5.41. The molecule has 1 heterocycles. The van der Waals surface area contributed by atoms with Crippen molar-refractivity contribution >= 4 is 12.4 Å². The van der Waals surface area contributed by atoms with Crippen LogP contribution in [0.2, 0.25) is 0 Å². The van der Waals surface area contributed by atoms with Gasteiger partial charge in [-0.15, -0.1) is 12.4 Å². The van der Waals surface area contributed by atoms with E-state index in [1.165, 1.54) is 12.3 Å². The van der Waals surface area contributed by atoms with Gasteiger partial charge < -0.3 is 5.73 Å². The fourth-order valence-corrected chi connectivity index (χ4v) is 1.64. The largest absolute Gasteiger partial charge is 0.416 e. The number of aromatic nitrogens is 2. The molecule has 1 aromatic carbocycles. The van der Waals surface area contributed by atoms with Gasteiger partial charge in [0.1, 0.15) is 0 Å². The van der Waals surface area contributed by atoms with Crippen LogP contribution in [-0.4, -0.2) is 16.3 Å². The Balaban J connectivity index is 0.00000180. The molecule has 2 N–H and O–H groups in total. The zero-order valence-corrected chi connectivity index (χ0v) is 10.7. The molecular weight excluding hydrogens is 279 g/mol. The Kier molecular flexibility index (Phi) is 4.97. The number of alkyl halides is 3. The van der Waals surface area contributed by atoms with Crippen molar-refractivity contribution in [2.24, 2.45) is 5.73 Å². The van der Waals surface area contributed by atoms with Crippen LogP contribution >= 0.6 is 12.4 Å². The summed E-state index contributed by atoms with van der Waals surface area (Å²) in [5.41, 5.74) is 5.86. The Bertz CT molecular complexity index is 537. The van der Waals surface area contributed by atoms with E-state index in [9.17, 15) is 13.2 Å². The summed E-state index contributed by atoms with van der Waals surface area (Å²) in [6.45, 7) is 0.975. The average molecular weight is 292 g/mol. The lowest BCUT2D eigenvalue weighted by Crippen LogP contribution is -2.09. The summed E-state index contributed by atoms with van der Waals surface area (Å²) in [5.74, 6) is 0. The highest BCUT2D eigenvalue weighted by Gasteiger charge is 2.30. The van der Waals surface area contributed by atoms with E-state index in [0.29, 0.717) is 24.2 Å². The lowest BCUT2D eigenvalue weighted by atomic mass is 10.1. The minimum Gasteiger partial charge on any atom is -0.329 e. The van der Waals surface area contributed by atoms with Crippen LogP contribution in [0.15, 0.2) is 36.7 Å². The molecule has 0 fully saturated rings. The first-order chi connectivity index (χ1) is 8.50. The molecule has 7 heteroatoms. The van der Waals surface area contributed by atoms with Gasteiger partial charge in [0.05, 0.1) is 18.3 Å². The predicted octanol–water partition coefficient (Wildman–Crippen LogP) is 2.95. The molecule has 2 rings (SSSR count). The first kappa shape index (κ1) is 15.5. The number of nitrogens with zero attached hydrogens (tertiary/aromatic N) is 2. The van der Waals surface area contributed by atoms with Gasteiger partial charge in [-0.1, -0.05) is 12.1 Å². The molecule has 0 amide bonds. The Labute approximate surface area is 114 Å². The molecule has 19 heavy (non-hydrogen) atoms. The monoisotopic (exact) mass is 291 g/mol. The maximum absolute atomic E-state index is 12.6. The van der Waals surface area contributed by atoms with Crippen molar-refractivity contribution in [1.29, 1.82) is 0 Å². The number of hydrogen-bond acceptors (Lipinski definition) is 2. The summed E-state index contributed by atoms with van der Waals surface area (Å²) >= 11 is 0. The predicted molar refractivity (Wildman–Crippen MR) is 69.0 cm³/mol. The fourth-order valence-electron chi connectivity index (χ4n) is 1.64. The van der Waals surface area contributed by atoms with Crippen molar-refractivity contribution in [3.05, 3.63) is 42.2 Å². The molecule has 0 spiro atoms. The molecule has 0 saturated carbocycles. The second-order valence-corrected chi connectivity index (χ2v) is 3.86. The van der Waals surface area contributed by atoms with Crippen LogP contribution in [0.1, 0.15) is 5.56 Å². The van der Waals surface area contributed by atoms with Gasteiger partial charge in [0.2, 0.25) is 0 Å². The average Bonchev–Trinajstić information content (AvgIpc) is 2.77. The zero-order chi connectivity index (χ0) is 13.2. The van der Waals surface area contributed by atoms with Gasteiger partial charge in [0.25, 0.3) is 0 Å². The molecule has 0 radical (unpaired) electrons. The minimum absolute atomic E-state index is 0. The molecule has 0 aliphatic heterocycles. The third kappa shape index (κ3) is 3.71. The molecular formula is C12H13ClF3N3. The van der Waals surface area contributed by atoms with Crippen LogP contribution in [0, 0.1) is 0 Å². The smallest absolute Gasteiger partial charge is 0.329 e. The molecule has 0 aliphatic carbocycles. The molecule has 0 bridgehead atoms. The highest BCUT2D eigenvalue weighted by molar-refractivity contribution is 5.85. The number of hydrogen-bond donors (Lipinski definition) is 1.